The number of aliphatic hydroxyl groups is 2. The predicted molar refractivity (Wildman–Crippen MR) is 55.7 cm³/mol. The highest BCUT2D eigenvalue weighted by Crippen LogP contribution is 2.11. The molecule has 0 heterocycles. The zero-order valence-electron chi connectivity index (χ0n) is 9.00. The molecule has 0 unspecified atom stereocenters. The van der Waals surface area contributed by atoms with E-state index in [1.54, 1.807) is 0 Å². The van der Waals surface area contributed by atoms with Crippen LogP contribution in [-0.4, -0.2) is 22.4 Å². The fraction of sp³-hybridized carbons (Fsp3) is 1.00. The van der Waals surface area contributed by atoms with Gasteiger partial charge in [0, 0.05) is 0 Å². The molecule has 2 nitrogen and oxygen atoms in total. The van der Waals surface area contributed by atoms with Gasteiger partial charge in [-0.05, 0) is 19.3 Å². The summed E-state index contributed by atoms with van der Waals surface area (Å²) < 4.78 is 0. The van der Waals surface area contributed by atoms with Crippen LogP contribution in [0.25, 0.3) is 0 Å². The van der Waals surface area contributed by atoms with Crippen LogP contribution < -0.4 is 0 Å². The molecule has 0 spiro atoms. The van der Waals surface area contributed by atoms with Crippen molar-refractivity contribution in [2.45, 2.75) is 71.0 Å². The summed E-state index contributed by atoms with van der Waals surface area (Å²) in [6.07, 6.45) is 6.04. The number of unbranched alkanes of at least 4 members (excludes halogenated alkanes) is 2. The Morgan fingerprint density at radius 1 is 0.846 bits per heavy atom. The topological polar surface area (TPSA) is 40.5 Å². The highest BCUT2D eigenvalue weighted by Gasteiger charge is 2.10. The van der Waals surface area contributed by atoms with E-state index in [9.17, 15) is 10.2 Å². The fourth-order valence-corrected chi connectivity index (χ4v) is 1.51. The molecule has 0 aromatic rings. The lowest BCUT2D eigenvalue weighted by Gasteiger charge is -2.14. The first-order valence-electron chi connectivity index (χ1n) is 5.56. The molecule has 2 atom stereocenters. The molecule has 0 saturated carbocycles. The van der Waals surface area contributed by atoms with Crippen LogP contribution in [0, 0.1) is 0 Å². The Labute approximate surface area is 82.0 Å². The Kier molecular flexibility index (Phi) is 8.46. The molecule has 80 valence electrons. The number of aliphatic hydroxyl groups excluding tert-OH is 2. The summed E-state index contributed by atoms with van der Waals surface area (Å²) >= 11 is 0. The molecular formula is C11H24O2. The van der Waals surface area contributed by atoms with Crippen molar-refractivity contribution >= 4 is 0 Å². The van der Waals surface area contributed by atoms with Gasteiger partial charge in [-0.25, -0.2) is 0 Å². The van der Waals surface area contributed by atoms with Crippen molar-refractivity contribution in [3.05, 3.63) is 0 Å². The van der Waals surface area contributed by atoms with Crippen LogP contribution in [0.1, 0.15) is 58.8 Å². The van der Waals surface area contributed by atoms with Gasteiger partial charge in [-0.1, -0.05) is 39.5 Å². The molecule has 0 rings (SSSR count). The summed E-state index contributed by atoms with van der Waals surface area (Å²) in [5, 5.41) is 18.9. The van der Waals surface area contributed by atoms with Crippen LogP contribution in [-0.2, 0) is 0 Å². The standard InChI is InChI=1S/C11H24O2/c1-3-5-6-8-11(13)9-10(12)7-4-2/h10-13H,3-9H2,1-2H3/t10-,11-/m1/s1. The maximum absolute atomic E-state index is 9.51. The Morgan fingerprint density at radius 2 is 1.46 bits per heavy atom. The Balaban J connectivity index is 3.32. The summed E-state index contributed by atoms with van der Waals surface area (Å²) in [7, 11) is 0. The highest BCUT2D eigenvalue weighted by molar-refractivity contribution is 4.63. The SMILES string of the molecule is CCCCC[C@@H](O)C[C@H](O)CCC. The quantitative estimate of drug-likeness (QED) is 0.574. The molecule has 2 heteroatoms. The van der Waals surface area contributed by atoms with Crippen molar-refractivity contribution in [3.63, 3.8) is 0 Å². The van der Waals surface area contributed by atoms with Crippen LogP contribution >= 0.6 is 0 Å². The second-order valence-electron chi connectivity index (χ2n) is 3.83. The van der Waals surface area contributed by atoms with Gasteiger partial charge in [0.05, 0.1) is 12.2 Å². The third-order valence-corrected chi connectivity index (χ3v) is 2.31. The molecule has 0 saturated heterocycles. The van der Waals surface area contributed by atoms with Crippen molar-refractivity contribution in [2.24, 2.45) is 0 Å². The lowest BCUT2D eigenvalue weighted by atomic mass is 10.0. The van der Waals surface area contributed by atoms with E-state index in [4.69, 9.17) is 0 Å². The summed E-state index contributed by atoms with van der Waals surface area (Å²) in [4.78, 5) is 0. The van der Waals surface area contributed by atoms with Crippen molar-refractivity contribution in [3.8, 4) is 0 Å². The normalized spacial score (nSPS) is 15.7. The van der Waals surface area contributed by atoms with E-state index in [-0.39, 0.29) is 12.2 Å². The highest BCUT2D eigenvalue weighted by atomic mass is 16.3. The average molecular weight is 188 g/mol. The minimum Gasteiger partial charge on any atom is -0.393 e. The average Bonchev–Trinajstić information content (AvgIpc) is 2.05. The predicted octanol–water partition coefficient (Wildman–Crippen LogP) is 2.48. The molecule has 0 bridgehead atoms. The molecular weight excluding hydrogens is 164 g/mol. The smallest absolute Gasteiger partial charge is 0.0564 e. The number of hydrogen-bond donors (Lipinski definition) is 2. The monoisotopic (exact) mass is 188 g/mol. The summed E-state index contributed by atoms with van der Waals surface area (Å²) in [5.41, 5.74) is 0. The van der Waals surface area contributed by atoms with Crippen molar-refractivity contribution in [1.82, 2.24) is 0 Å². The number of rotatable bonds is 8. The zero-order valence-corrected chi connectivity index (χ0v) is 9.00. The fourth-order valence-electron chi connectivity index (χ4n) is 1.51. The van der Waals surface area contributed by atoms with Gasteiger partial charge in [-0.3, -0.25) is 0 Å². The molecule has 13 heavy (non-hydrogen) atoms. The van der Waals surface area contributed by atoms with E-state index < -0.39 is 0 Å². The van der Waals surface area contributed by atoms with Crippen LogP contribution in [0.3, 0.4) is 0 Å². The van der Waals surface area contributed by atoms with Gasteiger partial charge in [0.1, 0.15) is 0 Å². The van der Waals surface area contributed by atoms with Gasteiger partial charge in [-0.15, -0.1) is 0 Å². The minimum absolute atomic E-state index is 0.298. The lowest BCUT2D eigenvalue weighted by Crippen LogP contribution is -2.17. The largest absolute Gasteiger partial charge is 0.393 e. The Morgan fingerprint density at radius 3 is 2.00 bits per heavy atom. The first-order valence-corrected chi connectivity index (χ1v) is 5.56. The Hall–Kier alpha value is -0.0800. The lowest BCUT2D eigenvalue weighted by molar-refractivity contribution is 0.0693. The third kappa shape index (κ3) is 8.26. The van der Waals surface area contributed by atoms with Crippen LogP contribution in [0.4, 0.5) is 0 Å². The van der Waals surface area contributed by atoms with E-state index in [0.717, 1.165) is 25.7 Å². The van der Waals surface area contributed by atoms with Crippen LogP contribution in [0.5, 0.6) is 0 Å². The summed E-state index contributed by atoms with van der Waals surface area (Å²) in [6.45, 7) is 4.20. The molecule has 0 aliphatic carbocycles. The van der Waals surface area contributed by atoms with Gasteiger partial charge in [0.15, 0.2) is 0 Å². The van der Waals surface area contributed by atoms with E-state index >= 15 is 0 Å². The van der Waals surface area contributed by atoms with Gasteiger partial charge < -0.3 is 10.2 Å². The minimum atomic E-state index is -0.304. The first kappa shape index (κ1) is 12.9. The van der Waals surface area contributed by atoms with Gasteiger partial charge in [-0.2, -0.15) is 0 Å². The van der Waals surface area contributed by atoms with Gasteiger partial charge >= 0.3 is 0 Å². The molecule has 0 aliphatic heterocycles. The summed E-state index contributed by atoms with van der Waals surface area (Å²) in [5.74, 6) is 0. The molecule has 0 aromatic heterocycles. The molecule has 0 aliphatic rings. The first-order chi connectivity index (χ1) is 6.20. The Bertz CT molecular complexity index is 104. The molecule has 2 N–H and O–H groups in total. The molecule has 0 aromatic carbocycles. The van der Waals surface area contributed by atoms with Crippen molar-refractivity contribution < 1.29 is 10.2 Å². The molecule has 0 fully saturated rings. The van der Waals surface area contributed by atoms with E-state index in [0.29, 0.717) is 6.42 Å². The number of hydrogen-bond acceptors (Lipinski definition) is 2. The maximum Gasteiger partial charge on any atom is 0.0564 e. The van der Waals surface area contributed by atoms with Crippen LogP contribution in [0.2, 0.25) is 0 Å². The van der Waals surface area contributed by atoms with E-state index in [1.165, 1.54) is 12.8 Å². The maximum atomic E-state index is 9.51. The van der Waals surface area contributed by atoms with E-state index in [2.05, 4.69) is 6.92 Å². The summed E-state index contributed by atoms with van der Waals surface area (Å²) in [6, 6.07) is 0. The van der Waals surface area contributed by atoms with E-state index in [1.807, 2.05) is 6.92 Å². The van der Waals surface area contributed by atoms with Gasteiger partial charge in [0.2, 0.25) is 0 Å². The third-order valence-electron chi connectivity index (χ3n) is 2.31. The molecule has 0 amide bonds. The van der Waals surface area contributed by atoms with Crippen molar-refractivity contribution in [1.29, 1.82) is 0 Å². The van der Waals surface area contributed by atoms with Crippen LogP contribution in [0.15, 0.2) is 0 Å². The van der Waals surface area contributed by atoms with Gasteiger partial charge in [0.25, 0.3) is 0 Å². The molecule has 0 radical (unpaired) electrons. The second-order valence-corrected chi connectivity index (χ2v) is 3.83. The second kappa shape index (κ2) is 8.52. The van der Waals surface area contributed by atoms with Crippen molar-refractivity contribution in [2.75, 3.05) is 0 Å². The zero-order chi connectivity index (χ0) is 10.1.